The average Bonchev–Trinajstić information content (AvgIpc) is 3.33. The third-order valence-electron chi connectivity index (χ3n) is 4.76. The summed E-state index contributed by atoms with van der Waals surface area (Å²) in [4.78, 5) is 50.6. The molecule has 0 atom stereocenters. The van der Waals surface area contributed by atoms with E-state index in [1.165, 1.54) is 40.8 Å². The summed E-state index contributed by atoms with van der Waals surface area (Å²) in [6.45, 7) is 0. The van der Waals surface area contributed by atoms with Crippen molar-refractivity contribution in [3.63, 3.8) is 0 Å². The van der Waals surface area contributed by atoms with E-state index < -0.39 is 21.4 Å². The molecular weight excluding hydrogens is 434 g/mol. The highest BCUT2D eigenvalue weighted by Crippen LogP contribution is 2.16. The number of nitrogens with two attached hydrogens (primary N) is 1. The molecule has 0 aliphatic carbocycles. The van der Waals surface area contributed by atoms with Crippen LogP contribution in [0.2, 0.25) is 0 Å². The number of nitrogens with zero attached hydrogens (tertiary/aromatic N) is 6. The van der Waals surface area contributed by atoms with Crippen molar-refractivity contribution in [1.82, 2.24) is 19.6 Å². The van der Waals surface area contributed by atoms with Crippen LogP contribution in [0, 0.1) is 20.2 Å². The topological polar surface area (TPSA) is 190 Å². The quantitative estimate of drug-likeness (QED) is 0.246. The van der Waals surface area contributed by atoms with Gasteiger partial charge in [-0.25, -0.2) is 9.38 Å². The van der Waals surface area contributed by atoms with Crippen molar-refractivity contribution in [2.24, 2.45) is 0 Å². The number of carbonyl (C=O) groups is 2. The summed E-state index contributed by atoms with van der Waals surface area (Å²) in [5, 5.41) is 29.6. The lowest BCUT2D eigenvalue weighted by molar-refractivity contribution is -0.385. The van der Waals surface area contributed by atoms with E-state index in [1.807, 2.05) is 0 Å². The standard InChI is InChI=1S/C20H13N7O6/c21-19-23-24-20-22-15(9-17(28)11-3-1-5-13(7-11)26(30)31)16(25(19)20)10-18(29)12-4-2-6-14(8-12)27(32)33/h1-8,10H,9H2,(H2,21,23). The first kappa shape index (κ1) is 21.2. The van der Waals surface area contributed by atoms with Gasteiger partial charge in [-0.15, -0.1) is 10.2 Å². The first-order valence-corrected chi connectivity index (χ1v) is 9.32. The van der Waals surface area contributed by atoms with Gasteiger partial charge in [-0.1, -0.05) is 24.3 Å². The zero-order valence-corrected chi connectivity index (χ0v) is 16.6. The molecule has 4 rings (SSSR count). The van der Waals surface area contributed by atoms with E-state index >= 15 is 0 Å². The average molecular weight is 447 g/mol. The fraction of sp³-hybridized carbons (Fsp3) is 0.0500. The number of non-ortho nitro benzene ring substituents is 2. The fourth-order valence-electron chi connectivity index (χ4n) is 3.20. The number of aromatic nitrogens is 4. The molecule has 4 aromatic rings. The van der Waals surface area contributed by atoms with Gasteiger partial charge in [0.25, 0.3) is 17.2 Å². The number of ketones is 2. The molecule has 2 heterocycles. The normalized spacial score (nSPS) is 11.6. The number of nitro benzene ring substituents is 2. The molecule has 0 saturated carbocycles. The Morgan fingerprint density at radius 3 is 2.21 bits per heavy atom. The van der Waals surface area contributed by atoms with E-state index in [0.29, 0.717) is 0 Å². The SMILES string of the molecule is Nc1nnc2nc(CC(=O)c3cccc([N+](=O)[O-])c3)c(=CC(=O)c3cccc([N+](=O)[O-])c3)n12. The molecule has 0 aliphatic rings. The van der Waals surface area contributed by atoms with Crippen molar-refractivity contribution in [2.45, 2.75) is 6.42 Å². The molecule has 164 valence electrons. The van der Waals surface area contributed by atoms with Gasteiger partial charge in [-0.3, -0.25) is 29.8 Å². The lowest BCUT2D eigenvalue weighted by atomic mass is 10.0. The maximum absolute atomic E-state index is 12.8. The molecule has 2 N–H and O–H groups in total. The third-order valence-corrected chi connectivity index (χ3v) is 4.76. The molecule has 0 spiro atoms. The van der Waals surface area contributed by atoms with Crippen molar-refractivity contribution in [1.29, 1.82) is 0 Å². The molecule has 2 aromatic heterocycles. The van der Waals surface area contributed by atoms with Gasteiger partial charge in [0, 0.05) is 41.5 Å². The number of nitro groups is 2. The highest BCUT2D eigenvalue weighted by atomic mass is 16.6. The molecule has 0 fully saturated rings. The van der Waals surface area contributed by atoms with Crippen LogP contribution < -0.4 is 11.1 Å². The Kier molecular flexibility index (Phi) is 5.27. The molecule has 0 amide bonds. The highest BCUT2D eigenvalue weighted by molar-refractivity contribution is 6.17. The number of rotatable bonds is 7. The lowest BCUT2D eigenvalue weighted by Gasteiger charge is -2.00. The Morgan fingerprint density at radius 2 is 1.58 bits per heavy atom. The summed E-state index contributed by atoms with van der Waals surface area (Å²) >= 11 is 0. The predicted molar refractivity (Wildman–Crippen MR) is 113 cm³/mol. The Balaban J connectivity index is 1.77. The molecule has 13 heteroatoms. The minimum atomic E-state index is -0.625. The largest absolute Gasteiger partial charge is 0.368 e. The van der Waals surface area contributed by atoms with Crippen molar-refractivity contribution >= 4 is 40.7 Å². The summed E-state index contributed by atoms with van der Waals surface area (Å²) in [6.07, 6.45) is 0.826. The molecule has 2 aromatic carbocycles. The van der Waals surface area contributed by atoms with Gasteiger partial charge >= 0.3 is 0 Å². The van der Waals surface area contributed by atoms with Crippen LogP contribution in [0.25, 0.3) is 11.9 Å². The molecular formula is C20H13N7O6. The summed E-state index contributed by atoms with van der Waals surface area (Å²) < 4.78 is 1.27. The number of hydrogen-bond acceptors (Lipinski definition) is 10. The van der Waals surface area contributed by atoms with E-state index in [-0.39, 0.29) is 51.7 Å². The van der Waals surface area contributed by atoms with Gasteiger partial charge < -0.3 is 5.73 Å². The van der Waals surface area contributed by atoms with Gasteiger partial charge in [0.2, 0.25) is 5.95 Å². The van der Waals surface area contributed by atoms with Gasteiger partial charge in [-0.2, -0.15) is 0 Å². The number of carbonyl (C=O) groups excluding carboxylic acids is 2. The van der Waals surface area contributed by atoms with Crippen LogP contribution in [0.3, 0.4) is 0 Å². The maximum atomic E-state index is 12.8. The highest BCUT2D eigenvalue weighted by Gasteiger charge is 2.19. The zero-order chi connectivity index (χ0) is 23.7. The third kappa shape index (κ3) is 4.10. The first-order valence-electron chi connectivity index (χ1n) is 9.32. The molecule has 0 radical (unpaired) electrons. The smallest absolute Gasteiger partial charge is 0.270 e. The number of fused-ring (bicyclic) bond motifs is 1. The van der Waals surface area contributed by atoms with E-state index in [9.17, 15) is 29.8 Å². The number of benzene rings is 2. The number of imidazole rings is 1. The Morgan fingerprint density at radius 1 is 0.970 bits per heavy atom. The second-order valence-electron chi connectivity index (χ2n) is 6.86. The number of anilines is 1. The van der Waals surface area contributed by atoms with Crippen molar-refractivity contribution < 1.29 is 19.4 Å². The van der Waals surface area contributed by atoms with E-state index in [1.54, 1.807) is 0 Å². The van der Waals surface area contributed by atoms with Crippen LogP contribution in [0.1, 0.15) is 26.4 Å². The number of hydrogen-bond donors (Lipinski definition) is 1. The summed E-state index contributed by atoms with van der Waals surface area (Å²) in [6, 6.07) is 10.4. The molecule has 0 aliphatic heterocycles. The van der Waals surface area contributed by atoms with Gasteiger partial charge in [-0.05, 0) is 0 Å². The van der Waals surface area contributed by atoms with Crippen molar-refractivity contribution in [3.8, 4) is 0 Å². The minimum absolute atomic E-state index is 0.0427. The van der Waals surface area contributed by atoms with E-state index in [4.69, 9.17) is 5.73 Å². The fourth-order valence-corrected chi connectivity index (χ4v) is 3.20. The molecule has 0 saturated heterocycles. The first-order chi connectivity index (χ1) is 15.7. The molecule has 0 unspecified atom stereocenters. The van der Waals surface area contributed by atoms with E-state index in [0.717, 1.165) is 18.2 Å². The maximum Gasteiger partial charge on any atom is 0.270 e. The summed E-state index contributed by atoms with van der Waals surface area (Å²) in [7, 11) is 0. The Hall–Kier alpha value is -5.07. The van der Waals surface area contributed by atoms with Gasteiger partial charge in [0.15, 0.2) is 11.6 Å². The number of nitrogen functional groups attached to an aromatic ring is 1. The van der Waals surface area contributed by atoms with Crippen LogP contribution in [0.5, 0.6) is 0 Å². The molecule has 33 heavy (non-hydrogen) atoms. The van der Waals surface area contributed by atoms with Crippen LogP contribution in [0.15, 0.2) is 48.5 Å². The minimum Gasteiger partial charge on any atom is -0.368 e. The van der Waals surface area contributed by atoms with E-state index in [2.05, 4.69) is 15.2 Å². The second-order valence-corrected chi connectivity index (χ2v) is 6.86. The van der Waals surface area contributed by atoms with Crippen LogP contribution >= 0.6 is 0 Å². The Labute approximate surface area is 183 Å². The molecule has 0 bridgehead atoms. The lowest BCUT2D eigenvalue weighted by Crippen LogP contribution is -2.20. The van der Waals surface area contributed by atoms with Crippen LogP contribution in [-0.2, 0) is 6.42 Å². The predicted octanol–water partition coefficient (Wildman–Crippen LogP) is 1.33. The summed E-state index contributed by atoms with van der Waals surface area (Å²) in [5.74, 6) is -1.11. The monoisotopic (exact) mass is 447 g/mol. The molecule has 13 nitrogen and oxygen atoms in total. The van der Waals surface area contributed by atoms with Crippen LogP contribution in [-0.4, -0.2) is 41.0 Å². The van der Waals surface area contributed by atoms with Gasteiger partial charge in [0.1, 0.15) is 0 Å². The van der Waals surface area contributed by atoms with Crippen LogP contribution in [0.4, 0.5) is 17.3 Å². The van der Waals surface area contributed by atoms with Gasteiger partial charge in [0.05, 0.1) is 27.3 Å². The zero-order valence-electron chi connectivity index (χ0n) is 16.6. The summed E-state index contributed by atoms with van der Waals surface area (Å²) in [5.41, 5.74) is 5.60. The second kappa shape index (κ2) is 8.22. The van der Waals surface area contributed by atoms with Crippen molar-refractivity contribution in [2.75, 3.05) is 5.73 Å². The number of Topliss-reactive ketones (excluding diaryl/α,β-unsaturated/α-hetero) is 2. The van der Waals surface area contributed by atoms with Crippen molar-refractivity contribution in [3.05, 3.63) is 90.9 Å². The Bertz CT molecular complexity index is 1510.